The van der Waals surface area contributed by atoms with E-state index in [0.29, 0.717) is 10.2 Å². The Kier molecular flexibility index (Phi) is 6.89. The van der Waals surface area contributed by atoms with Gasteiger partial charge in [-0.1, -0.05) is 29.4 Å². The second-order valence-electron chi connectivity index (χ2n) is 7.08. The first-order chi connectivity index (χ1) is 12.6. The van der Waals surface area contributed by atoms with Crippen molar-refractivity contribution >= 4 is 35.2 Å². The molecule has 1 aromatic carbocycles. The zero-order valence-corrected chi connectivity index (χ0v) is 17.5. The number of nitrogens with zero attached hydrogens (tertiary/aromatic N) is 3. The smallest absolute Gasteiger partial charge is 0.317 e. The highest BCUT2D eigenvalue weighted by Gasteiger charge is 2.22. The summed E-state index contributed by atoms with van der Waals surface area (Å²) >= 11 is 7.34. The van der Waals surface area contributed by atoms with Crippen LogP contribution >= 0.6 is 23.4 Å². The number of ether oxygens (including phenoxy) is 1. The van der Waals surface area contributed by atoms with Gasteiger partial charge in [-0.3, -0.25) is 14.2 Å². The summed E-state index contributed by atoms with van der Waals surface area (Å²) in [5.41, 5.74) is 1.37. The van der Waals surface area contributed by atoms with Gasteiger partial charge in [-0.15, -0.1) is 10.2 Å². The second kappa shape index (κ2) is 8.75. The fraction of sp³-hybridized carbons (Fsp3) is 0.444. The molecule has 1 heterocycles. The van der Waals surface area contributed by atoms with Gasteiger partial charge < -0.3 is 10.1 Å². The van der Waals surface area contributed by atoms with Gasteiger partial charge >= 0.3 is 5.97 Å². The summed E-state index contributed by atoms with van der Waals surface area (Å²) < 4.78 is 6.92. The van der Waals surface area contributed by atoms with Crippen LogP contribution in [0.25, 0.3) is 5.69 Å². The van der Waals surface area contributed by atoms with Crippen molar-refractivity contribution in [2.75, 3.05) is 5.75 Å². The maximum atomic E-state index is 12.1. The van der Waals surface area contributed by atoms with E-state index in [4.69, 9.17) is 16.3 Å². The average molecular weight is 411 g/mol. The highest BCUT2D eigenvalue weighted by Crippen LogP contribution is 2.23. The standard InChI is InChI=1S/C18H23ClN4O3S/c1-11-6-7-13(8-14(11)19)23-10-20-22-17(23)27-9-15(24)26-12(2)16(25)21-18(3,4)5/h6-8,10,12H,9H2,1-5H3,(H,21,25). The third-order valence-corrected chi connectivity index (χ3v) is 4.77. The number of hydrogen-bond acceptors (Lipinski definition) is 6. The minimum absolute atomic E-state index is 0.00538. The first kappa shape index (κ1) is 21.2. The molecular formula is C18H23ClN4O3S. The number of hydrogen-bond donors (Lipinski definition) is 1. The Bertz CT molecular complexity index is 832. The molecule has 0 radical (unpaired) electrons. The summed E-state index contributed by atoms with van der Waals surface area (Å²) in [5, 5.41) is 11.8. The van der Waals surface area contributed by atoms with E-state index in [1.165, 1.54) is 11.8 Å². The maximum Gasteiger partial charge on any atom is 0.317 e. The lowest BCUT2D eigenvalue weighted by Crippen LogP contribution is -2.46. The number of aryl methyl sites for hydroxylation is 1. The molecular weight excluding hydrogens is 388 g/mol. The quantitative estimate of drug-likeness (QED) is 0.581. The topological polar surface area (TPSA) is 86.1 Å². The SMILES string of the molecule is Cc1ccc(-n2cnnc2SCC(=O)OC(C)C(=O)NC(C)(C)C)cc1Cl. The van der Waals surface area contributed by atoms with E-state index in [1.54, 1.807) is 17.8 Å². The first-order valence-corrected chi connectivity index (χ1v) is 9.74. The highest BCUT2D eigenvalue weighted by molar-refractivity contribution is 7.99. The second-order valence-corrected chi connectivity index (χ2v) is 8.43. The van der Waals surface area contributed by atoms with E-state index in [2.05, 4.69) is 15.5 Å². The number of esters is 1. The summed E-state index contributed by atoms with van der Waals surface area (Å²) in [5.74, 6) is -0.836. The largest absolute Gasteiger partial charge is 0.452 e. The van der Waals surface area contributed by atoms with Crippen LogP contribution in [0.2, 0.25) is 5.02 Å². The third-order valence-electron chi connectivity index (χ3n) is 3.44. The van der Waals surface area contributed by atoms with Crippen molar-refractivity contribution in [3.63, 3.8) is 0 Å². The fourth-order valence-electron chi connectivity index (χ4n) is 2.11. The van der Waals surface area contributed by atoms with Crippen LogP contribution in [0.4, 0.5) is 0 Å². The molecule has 7 nitrogen and oxygen atoms in total. The van der Waals surface area contributed by atoms with Gasteiger partial charge in [0.05, 0.1) is 11.4 Å². The van der Waals surface area contributed by atoms with Crippen molar-refractivity contribution in [3.05, 3.63) is 35.1 Å². The number of rotatable bonds is 6. The van der Waals surface area contributed by atoms with Crippen molar-refractivity contribution < 1.29 is 14.3 Å². The molecule has 146 valence electrons. The van der Waals surface area contributed by atoms with E-state index in [-0.39, 0.29) is 11.7 Å². The molecule has 1 unspecified atom stereocenters. The van der Waals surface area contributed by atoms with Gasteiger partial charge in [0, 0.05) is 10.6 Å². The molecule has 0 spiro atoms. The molecule has 0 saturated carbocycles. The van der Waals surface area contributed by atoms with Crippen molar-refractivity contribution in [1.82, 2.24) is 20.1 Å². The molecule has 2 rings (SSSR count). The summed E-state index contributed by atoms with van der Waals surface area (Å²) in [6.07, 6.45) is 0.680. The number of halogens is 1. The van der Waals surface area contributed by atoms with E-state index in [9.17, 15) is 9.59 Å². The average Bonchev–Trinajstić information content (AvgIpc) is 3.02. The Balaban J connectivity index is 1.95. The molecule has 9 heteroatoms. The summed E-state index contributed by atoms with van der Waals surface area (Å²) in [7, 11) is 0. The predicted octanol–water partition coefficient (Wildman–Crippen LogP) is 3.17. The number of amides is 1. The number of nitrogens with one attached hydrogen (secondary N) is 1. The molecule has 27 heavy (non-hydrogen) atoms. The Labute approximate surface area is 167 Å². The zero-order chi connectivity index (χ0) is 20.2. The minimum atomic E-state index is -0.869. The number of aromatic nitrogens is 3. The molecule has 1 aromatic heterocycles. The summed E-state index contributed by atoms with van der Waals surface area (Å²) in [6, 6.07) is 5.60. The lowest BCUT2D eigenvalue weighted by Gasteiger charge is -2.23. The minimum Gasteiger partial charge on any atom is -0.452 e. The molecule has 1 atom stereocenters. The molecule has 1 amide bonds. The van der Waals surface area contributed by atoms with Crippen LogP contribution in [-0.4, -0.2) is 44.0 Å². The Morgan fingerprint density at radius 2 is 2.07 bits per heavy atom. The van der Waals surface area contributed by atoms with Crippen LogP contribution in [0.15, 0.2) is 29.7 Å². The van der Waals surface area contributed by atoms with Gasteiger partial charge in [-0.05, 0) is 52.3 Å². The van der Waals surface area contributed by atoms with Crippen LogP contribution in [0, 0.1) is 6.92 Å². The monoisotopic (exact) mass is 410 g/mol. The molecule has 2 aromatic rings. The summed E-state index contributed by atoms with van der Waals surface area (Å²) in [4.78, 5) is 24.1. The Morgan fingerprint density at radius 1 is 1.37 bits per heavy atom. The molecule has 0 aliphatic carbocycles. The van der Waals surface area contributed by atoms with Crippen LogP contribution < -0.4 is 5.32 Å². The van der Waals surface area contributed by atoms with E-state index >= 15 is 0 Å². The molecule has 0 fully saturated rings. The van der Waals surface area contributed by atoms with E-state index in [0.717, 1.165) is 11.3 Å². The molecule has 0 saturated heterocycles. The molecule has 1 N–H and O–H groups in total. The zero-order valence-electron chi connectivity index (χ0n) is 15.9. The van der Waals surface area contributed by atoms with Gasteiger partial charge in [0.15, 0.2) is 11.3 Å². The van der Waals surface area contributed by atoms with Crippen LogP contribution in [0.3, 0.4) is 0 Å². The van der Waals surface area contributed by atoms with Gasteiger partial charge in [-0.25, -0.2) is 0 Å². The van der Waals surface area contributed by atoms with Crippen LogP contribution in [-0.2, 0) is 14.3 Å². The van der Waals surface area contributed by atoms with Crippen LogP contribution in [0.1, 0.15) is 33.3 Å². The van der Waals surface area contributed by atoms with Gasteiger partial charge in [0.25, 0.3) is 5.91 Å². The maximum absolute atomic E-state index is 12.1. The van der Waals surface area contributed by atoms with Crippen molar-refractivity contribution in [1.29, 1.82) is 0 Å². The molecule has 0 aliphatic rings. The van der Waals surface area contributed by atoms with Crippen molar-refractivity contribution in [2.45, 2.75) is 51.4 Å². The summed E-state index contributed by atoms with van der Waals surface area (Å²) in [6.45, 7) is 9.04. The number of benzene rings is 1. The normalized spacial score (nSPS) is 12.5. The molecule has 0 bridgehead atoms. The Hall–Kier alpha value is -2.06. The predicted molar refractivity (Wildman–Crippen MR) is 105 cm³/mol. The third kappa shape index (κ3) is 6.25. The lowest BCUT2D eigenvalue weighted by atomic mass is 10.1. The van der Waals surface area contributed by atoms with E-state index in [1.807, 2.05) is 45.9 Å². The number of thioether (sulfide) groups is 1. The fourth-order valence-corrected chi connectivity index (χ4v) is 3.00. The lowest BCUT2D eigenvalue weighted by molar-refractivity contribution is -0.152. The highest BCUT2D eigenvalue weighted by atomic mass is 35.5. The van der Waals surface area contributed by atoms with E-state index < -0.39 is 17.6 Å². The first-order valence-electron chi connectivity index (χ1n) is 8.37. The van der Waals surface area contributed by atoms with Crippen molar-refractivity contribution in [3.8, 4) is 5.69 Å². The van der Waals surface area contributed by atoms with Crippen molar-refractivity contribution in [2.24, 2.45) is 0 Å². The number of carbonyl (C=O) groups is 2. The van der Waals surface area contributed by atoms with Gasteiger partial charge in [0.1, 0.15) is 6.33 Å². The molecule has 0 aliphatic heterocycles. The van der Waals surface area contributed by atoms with Crippen LogP contribution in [0.5, 0.6) is 0 Å². The van der Waals surface area contributed by atoms with Gasteiger partial charge in [0.2, 0.25) is 0 Å². The van der Waals surface area contributed by atoms with Gasteiger partial charge in [-0.2, -0.15) is 0 Å². The number of carbonyl (C=O) groups excluding carboxylic acids is 2. The Morgan fingerprint density at radius 3 is 2.70 bits per heavy atom.